The van der Waals surface area contributed by atoms with E-state index < -0.39 is 0 Å². The summed E-state index contributed by atoms with van der Waals surface area (Å²) in [5, 5.41) is 21.3. The lowest BCUT2D eigenvalue weighted by Gasteiger charge is -2.16. The highest BCUT2D eigenvalue weighted by Gasteiger charge is 2.28. The summed E-state index contributed by atoms with van der Waals surface area (Å²) < 4.78 is 0. The maximum Gasteiger partial charge on any atom is 0.170 e. The van der Waals surface area contributed by atoms with E-state index in [0.29, 0.717) is 0 Å². The Morgan fingerprint density at radius 3 is 3.00 bits per heavy atom. The van der Waals surface area contributed by atoms with E-state index in [1.165, 1.54) is 0 Å². The zero-order valence-corrected chi connectivity index (χ0v) is 7.90. The summed E-state index contributed by atoms with van der Waals surface area (Å²) in [6.45, 7) is 0. The average molecular weight is 194 g/mol. The van der Waals surface area contributed by atoms with Gasteiger partial charge in [0.2, 0.25) is 0 Å². The number of allylic oxidation sites excluding steroid dienone is 1. The average Bonchev–Trinajstić information content (AvgIpc) is 2.59. The second kappa shape index (κ2) is 3.46. The van der Waals surface area contributed by atoms with Gasteiger partial charge in [-0.1, -0.05) is 11.2 Å². The van der Waals surface area contributed by atoms with Crippen molar-refractivity contribution in [2.75, 3.05) is 0 Å². The van der Waals surface area contributed by atoms with Crippen LogP contribution in [0.4, 0.5) is 0 Å². The van der Waals surface area contributed by atoms with Gasteiger partial charge in [-0.3, -0.25) is 0 Å². The fraction of sp³-hybridized carbons (Fsp3) is 0.500. The number of hydrogen-bond donors (Lipinski definition) is 3. The molecule has 0 saturated heterocycles. The molecule has 0 heterocycles. The molecular weight excluding hydrogens is 180 g/mol. The molecule has 4 N–H and O–H groups in total. The predicted octanol–water partition coefficient (Wildman–Crippen LogP) is 0.904. The fourth-order valence-electron chi connectivity index (χ4n) is 2.25. The van der Waals surface area contributed by atoms with Crippen molar-refractivity contribution in [2.24, 2.45) is 10.9 Å². The fourth-order valence-corrected chi connectivity index (χ4v) is 2.25. The van der Waals surface area contributed by atoms with Gasteiger partial charge in [0, 0.05) is 5.57 Å². The van der Waals surface area contributed by atoms with E-state index in [1.807, 2.05) is 6.08 Å². The molecule has 2 aliphatic carbocycles. The number of rotatable bonds is 1. The van der Waals surface area contributed by atoms with Crippen molar-refractivity contribution in [1.29, 1.82) is 0 Å². The molecule has 76 valence electrons. The van der Waals surface area contributed by atoms with Gasteiger partial charge in [-0.2, -0.15) is 0 Å². The zero-order chi connectivity index (χ0) is 10.1. The molecule has 0 fully saturated rings. The van der Waals surface area contributed by atoms with Gasteiger partial charge >= 0.3 is 0 Å². The first kappa shape index (κ1) is 9.27. The van der Waals surface area contributed by atoms with Gasteiger partial charge in [0.05, 0.1) is 6.10 Å². The van der Waals surface area contributed by atoms with E-state index >= 15 is 0 Å². The number of amidine groups is 1. The summed E-state index contributed by atoms with van der Waals surface area (Å²) in [7, 11) is 0. The standard InChI is InChI=1S/C10H14N2O2/c11-10(12-14)8-3-1-2-7-6(8)4-5-9(7)13/h3,9,13-14H,1-2,4-5H2,(H2,11,12). The Morgan fingerprint density at radius 1 is 1.50 bits per heavy atom. The third-order valence-electron chi connectivity index (χ3n) is 2.93. The first-order valence-corrected chi connectivity index (χ1v) is 4.82. The van der Waals surface area contributed by atoms with Crippen molar-refractivity contribution in [3.63, 3.8) is 0 Å². The summed E-state index contributed by atoms with van der Waals surface area (Å²) in [6, 6.07) is 0. The Labute approximate surface area is 82.4 Å². The topological polar surface area (TPSA) is 78.8 Å². The van der Waals surface area contributed by atoms with E-state index in [0.717, 1.165) is 42.4 Å². The van der Waals surface area contributed by atoms with E-state index in [2.05, 4.69) is 5.16 Å². The molecule has 0 radical (unpaired) electrons. The van der Waals surface area contributed by atoms with Crippen molar-refractivity contribution >= 4 is 5.84 Å². The lowest BCUT2D eigenvalue weighted by molar-refractivity contribution is 0.208. The van der Waals surface area contributed by atoms with Gasteiger partial charge in [0.15, 0.2) is 5.84 Å². The van der Waals surface area contributed by atoms with Crippen molar-refractivity contribution in [3.8, 4) is 0 Å². The van der Waals surface area contributed by atoms with Crippen molar-refractivity contribution in [2.45, 2.75) is 31.8 Å². The third kappa shape index (κ3) is 1.32. The van der Waals surface area contributed by atoms with Crippen LogP contribution in [0.25, 0.3) is 0 Å². The van der Waals surface area contributed by atoms with Crippen LogP contribution < -0.4 is 5.73 Å². The molecule has 0 saturated carbocycles. The molecule has 0 spiro atoms. The molecule has 0 aromatic carbocycles. The molecule has 0 bridgehead atoms. The number of aliphatic hydroxyl groups is 1. The molecule has 4 nitrogen and oxygen atoms in total. The molecule has 0 aromatic heterocycles. The smallest absolute Gasteiger partial charge is 0.170 e. The third-order valence-corrected chi connectivity index (χ3v) is 2.93. The van der Waals surface area contributed by atoms with Gasteiger partial charge in [-0.25, -0.2) is 0 Å². The van der Waals surface area contributed by atoms with Gasteiger partial charge in [-0.05, 0) is 36.8 Å². The highest BCUT2D eigenvalue weighted by molar-refractivity contribution is 6.01. The Bertz CT molecular complexity index is 342. The lowest BCUT2D eigenvalue weighted by Crippen LogP contribution is -2.18. The van der Waals surface area contributed by atoms with Crippen LogP contribution in [0, 0.1) is 0 Å². The predicted molar refractivity (Wildman–Crippen MR) is 53.0 cm³/mol. The van der Waals surface area contributed by atoms with Gasteiger partial charge in [0.25, 0.3) is 0 Å². The number of oxime groups is 1. The van der Waals surface area contributed by atoms with Crippen LogP contribution in [0.1, 0.15) is 25.7 Å². The SMILES string of the molecule is NC(=NO)C1=CCCC2=C1CCC2O. The number of aliphatic hydroxyl groups excluding tert-OH is 1. The van der Waals surface area contributed by atoms with E-state index in [9.17, 15) is 5.11 Å². The van der Waals surface area contributed by atoms with E-state index in [1.54, 1.807) is 0 Å². The highest BCUT2D eigenvalue weighted by atomic mass is 16.4. The van der Waals surface area contributed by atoms with Crippen LogP contribution >= 0.6 is 0 Å². The summed E-state index contributed by atoms with van der Waals surface area (Å²) in [6.07, 6.45) is 5.02. The van der Waals surface area contributed by atoms with Crippen molar-refractivity contribution in [3.05, 3.63) is 22.8 Å². The number of nitrogens with zero attached hydrogens (tertiary/aromatic N) is 1. The first-order chi connectivity index (χ1) is 6.74. The largest absolute Gasteiger partial charge is 0.409 e. The van der Waals surface area contributed by atoms with Gasteiger partial charge in [0.1, 0.15) is 0 Å². The minimum Gasteiger partial charge on any atom is -0.409 e. The molecule has 1 atom stereocenters. The molecule has 14 heavy (non-hydrogen) atoms. The number of nitrogens with two attached hydrogens (primary N) is 1. The molecule has 0 amide bonds. The molecule has 2 rings (SSSR count). The highest BCUT2D eigenvalue weighted by Crippen LogP contribution is 2.37. The quantitative estimate of drug-likeness (QED) is 0.251. The van der Waals surface area contributed by atoms with E-state index in [4.69, 9.17) is 10.9 Å². The van der Waals surface area contributed by atoms with Crippen molar-refractivity contribution in [1.82, 2.24) is 0 Å². The second-order valence-electron chi connectivity index (χ2n) is 3.70. The molecule has 1 unspecified atom stereocenters. The van der Waals surface area contributed by atoms with Crippen LogP contribution in [0.2, 0.25) is 0 Å². The van der Waals surface area contributed by atoms with Crippen LogP contribution in [0.5, 0.6) is 0 Å². The second-order valence-corrected chi connectivity index (χ2v) is 3.70. The molecule has 0 aromatic rings. The zero-order valence-electron chi connectivity index (χ0n) is 7.90. The minimum absolute atomic E-state index is 0.159. The van der Waals surface area contributed by atoms with Crippen LogP contribution in [0.15, 0.2) is 28.0 Å². The molecule has 0 aliphatic heterocycles. The lowest BCUT2D eigenvalue weighted by atomic mass is 9.92. The van der Waals surface area contributed by atoms with Crippen molar-refractivity contribution < 1.29 is 10.3 Å². The van der Waals surface area contributed by atoms with Crippen LogP contribution in [0.3, 0.4) is 0 Å². The van der Waals surface area contributed by atoms with Crippen LogP contribution in [-0.4, -0.2) is 22.3 Å². The van der Waals surface area contributed by atoms with Crippen LogP contribution in [-0.2, 0) is 0 Å². The normalized spacial score (nSPS) is 27.6. The monoisotopic (exact) mass is 194 g/mol. The van der Waals surface area contributed by atoms with E-state index in [-0.39, 0.29) is 11.9 Å². The van der Waals surface area contributed by atoms with Gasteiger partial charge in [-0.15, -0.1) is 0 Å². The minimum atomic E-state index is -0.319. The Balaban J connectivity index is 2.36. The Morgan fingerprint density at radius 2 is 2.29 bits per heavy atom. The summed E-state index contributed by atoms with van der Waals surface area (Å²) in [5.74, 6) is 0.159. The Hall–Kier alpha value is -1.29. The molecule has 2 aliphatic rings. The molecule has 4 heteroatoms. The Kier molecular flexibility index (Phi) is 2.29. The summed E-state index contributed by atoms with van der Waals surface area (Å²) in [5.41, 5.74) is 8.54. The molecular formula is C10H14N2O2. The number of hydrogen-bond acceptors (Lipinski definition) is 3. The first-order valence-electron chi connectivity index (χ1n) is 4.82. The maximum absolute atomic E-state index is 9.67. The van der Waals surface area contributed by atoms with Gasteiger partial charge < -0.3 is 16.0 Å². The summed E-state index contributed by atoms with van der Waals surface area (Å²) in [4.78, 5) is 0. The summed E-state index contributed by atoms with van der Waals surface area (Å²) >= 11 is 0. The maximum atomic E-state index is 9.67.